The van der Waals surface area contributed by atoms with E-state index in [1.54, 1.807) is 0 Å². The maximum atomic E-state index is 6.12. The van der Waals surface area contributed by atoms with Crippen LogP contribution in [0.1, 0.15) is 82.3 Å². The molecule has 3 unspecified atom stereocenters. The summed E-state index contributed by atoms with van der Waals surface area (Å²) in [6.07, 6.45) is 5.65. The van der Waals surface area contributed by atoms with Crippen LogP contribution in [0.3, 0.4) is 0 Å². The first-order chi connectivity index (χ1) is 19.0. The summed E-state index contributed by atoms with van der Waals surface area (Å²) < 4.78 is 24.2. The van der Waals surface area contributed by atoms with Gasteiger partial charge in [-0.3, -0.25) is 4.90 Å². The largest absolute Gasteiger partial charge is 0.490 e. The summed E-state index contributed by atoms with van der Waals surface area (Å²) in [4.78, 5) is 2.70. The fourth-order valence-electron chi connectivity index (χ4n) is 7.05. The van der Waals surface area contributed by atoms with Gasteiger partial charge in [0.15, 0.2) is 23.0 Å². The van der Waals surface area contributed by atoms with E-state index in [9.17, 15) is 0 Å². The topological polar surface area (TPSA) is 52.2 Å². The first kappa shape index (κ1) is 27.9. The van der Waals surface area contributed by atoms with Crippen molar-refractivity contribution in [2.24, 2.45) is 5.41 Å². The van der Waals surface area contributed by atoms with Crippen LogP contribution < -0.4 is 24.3 Å². The lowest BCUT2D eigenvalue weighted by Crippen LogP contribution is -2.53. The van der Waals surface area contributed by atoms with Crippen molar-refractivity contribution in [3.8, 4) is 23.0 Å². The lowest BCUT2D eigenvalue weighted by atomic mass is 9.64. The van der Waals surface area contributed by atoms with E-state index in [2.05, 4.69) is 54.4 Å². The third kappa shape index (κ3) is 5.14. The minimum Gasteiger partial charge on any atom is -0.490 e. The van der Waals surface area contributed by atoms with Crippen LogP contribution in [0.25, 0.3) is 0 Å². The number of benzene rings is 2. The molecule has 0 saturated carbocycles. The standard InChI is InChI=1S/C33H46N2O4/c1-7-22-20-33(6,31-25-18-29(38-10-4)27(36-8-2)16-23(25)12-14-34-31)32-26-19-30(39-11-5)28(37-9-3)17-24(26)13-15-35(32)21-22/h16-20,31-32,34H,7-15,21H2,1-6H3. The molecule has 0 spiro atoms. The smallest absolute Gasteiger partial charge is 0.161 e. The van der Waals surface area contributed by atoms with Crippen molar-refractivity contribution in [2.75, 3.05) is 46.1 Å². The molecule has 3 atom stereocenters. The molecule has 0 saturated heterocycles. The van der Waals surface area contributed by atoms with Gasteiger partial charge in [0.25, 0.3) is 0 Å². The highest BCUT2D eigenvalue weighted by Gasteiger charge is 2.50. The van der Waals surface area contributed by atoms with Crippen molar-refractivity contribution in [2.45, 2.75) is 72.9 Å². The van der Waals surface area contributed by atoms with Crippen molar-refractivity contribution < 1.29 is 18.9 Å². The molecule has 0 bridgehead atoms. The molecule has 0 amide bonds. The van der Waals surface area contributed by atoms with Crippen molar-refractivity contribution in [1.29, 1.82) is 0 Å². The molecule has 5 rings (SSSR count). The van der Waals surface area contributed by atoms with Gasteiger partial charge in [0.05, 0.1) is 26.4 Å². The molecule has 212 valence electrons. The Bertz CT molecular complexity index is 1210. The van der Waals surface area contributed by atoms with Crippen LogP contribution >= 0.6 is 0 Å². The second-order valence-corrected chi connectivity index (χ2v) is 11.0. The number of hydrogen-bond donors (Lipinski definition) is 1. The summed E-state index contributed by atoms with van der Waals surface area (Å²) in [7, 11) is 0. The van der Waals surface area contributed by atoms with Crippen LogP contribution in [0.15, 0.2) is 35.9 Å². The molecular formula is C33H46N2O4. The van der Waals surface area contributed by atoms with Crippen LogP contribution in [-0.2, 0) is 12.8 Å². The molecule has 0 aliphatic carbocycles. The maximum absolute atomic E-state index is 6.12. The van der Waals surface area contributed by atoms with E-state index in [0.717, 1.165) is 61.9 Å². The Labute approximate surface area is 234 Å². The molecule has 39 heavy (non-hydrogen) atoms. The first-order valence-electron chi connectivity index (χ1n) is 15.0. The second kappa shape index (κ2) is 11.8. The Morgan fingerprint density at radius 1 is 0.769 bits per heavy atom. The molecule has 3 aliphatic heterocycles. The molecule has 6 nitrogen and oxygen atoms in total. The number of fused-ring (bicyclic) bond motifs is 4. The molecule has 0 aromatic heterocycles. The van der Waals surface area contributed by atoms with Gasteiger partial charge in [-0.2, -0.15) is 0 Å². The third-order valence-corrected chi connectivity index (χ3v) is 8.58. The summed E-state index contributed by atoms with van der Waals surface area (Å²) in [5.74, 6) is 3.41. The Morgan fingerprint density at radius 2 is 1.31 bits per heavy atom. The number of rotatable bonds is 10. The van der Waals surface area contributed by atoms with Crippen LogP contribution in [-0.4, -0.2) is 51.0 Å². The van der Waals surface area contributed by atoms with E-state index in [1.807, 2.05) is 27.7 Å². The van der Waals surface area contributed by atoms with Gasteiger partial charge >= 0.3 is 0 Å². The average Bonchev–Trinajstić information content (AvgIpc) is 2.93. The van der Waals surface area contributed by atoms with E-state index in [1.165, 1.54) is 27.8 Å². The van der Waals surface area contributed by atoms with Crippen molar-refractivity contribution in [3.63, 3.8) is 0 Å². The summed E-state index contributed by atoms with van der Waals surface area (Å²) in [6, 6.07) is 9.35. The minimum absolute atomic E-state index is 0.138. The van der Waals surface area contributed by atoms with Gasteiger partial charge in [-0.15, -0.1) is 0 Å². The van der Waals surface area contributed by atoms with Crippen molar-refractivity contribution in [1.82, 2.24) is 10.2 Å². The zero-order valence-electron chi connectivity index (χ0n) is 24.7. The fourth-order valence-corrected chi connectivity index (χ4v) is 7.05. The van der Waals surface area contributed by atoms with Crippen LogP contribution in [0.4, 0.5) is 0 Å². The molecular weight excluding hydrogens is 488 g/mol. The van der Waals surface area contributed by atoms with Crippen molar-refractivity contribution >= 4 is 0 Å². The summed E-state index contributed by atoms with van der Waals surface area (Å²) in [5, 5.41) is 3.96. The van der Waals surface area contributed by atoms with E-state index in [4.69, 9.17) is 18.9 Å². The summed E-state index contributed by atoms with van der Waals surface area (Å²) >= 11 is 0. The fraction of sp³-hybridized carbons (Fsp3) is 0.576. The predicted octanol–water partition coefficient (Wildman–Crippen LogP) is 6.42. The van der Waals surface area contributed by atoms with Gasteiger partial charge in [0, 0.05) is 30.6 Å². The normalized spacial score (nSPS) is 24.2. The monoisotopic (exact) mass is 534 g/mol. The Hall–Kier alpha value is -2.70. The average molecular weight is 535 g/mol. The highest BCUT2D eigenvalue weighted by molar-refractivity contribution is 5.54. The zero-order valence-corrected chi connectivity index (χ0v) is 24.7. The lowest BCUT2D eigenvalue weighted by molar-refractivity contribution is 0.0574. The number of ether oxygens (including phenoxy) is 4. The van der Waals surface area contributed by atoms with E-state index in [-0.39, 0.29) is 17.5 Å². The van der Waals surface area contributed by atoms with Gasteiger partial charge in [-0.25, -0.2) is 0 Å². The molecule has 2 aromatic carbocycles. The third-order valence-electron chi connectivity index (χ3n) is 8.58. The quantitative estimate of drug-likeness (QED) is 0.355. The van der Waals surface area contributed by atoms with Gasteiger partial charge in [0.2, 0.25) is 0 Å². The highest BCUT2D eigenvalue weighted by Crippen LogP contribution is 2.56. The van der Waals surface area contributed by atoms with Crippen LogP contribution in [0, 0.1) is 5.41 Å². The molecule has 3 heterocycles. The zero-order chi connectivity index (χ0) is 27.6. The Balaban J connectivity index is 1.66. The highest BCUT2D eigenvalue weighted by atomic mass is 16.5. The van der Waals surface area contributed by atoms with Gasteiger partial charge in [-0.1, -0.05) is 25.5 Å². The molecule has 0 radical (unpaired) electrons. The SMILES string of the molecule is CCOc1cc2c(cc1OCC)C(C1(C)C=C(CC)CN3CCc4cc(OCC)c(OCC)cc4C31)NCC2. The predicted molar refractivity (Wildman–Crippen MR) is 157 cm³/mol. The van der Waals surface area contributed by atoms with Gasteiger partial charge in [0.1, 0.15) is 0 Å². The first-order valence-corrected chi connectivity index (χ1v) is 15.0. The number of nitrogens with one attached hydrogen (secondary N) is 1. The lowest BCUT2D eigenvalue weighted by Gasteiger charge is -2.54. The second-order valence-electron chi connectivity index (χ2n) is 11.0. The molecule has 3 aliphatic rings. The van der Waals surface area contributed by atoms with Gasteiger partial charge in [-0.05, 0) is 100 Å². The number of nitrogens with zero attached hydrogens (tertiary/aromatic N) is 1. The summed E-state index contributed by atoms with van der Waals surface area (Å²) in [6.45, 7) is 18.4. The number of hydrogen-bond acceptors (Lipinski definition) is 6. The molecule has 0 fully saturated rings. The molecule has 6 heteroatoms. The van der Waals surface area contributed by atoms with E-state index in [0.29, 0.717) is 26.4 Å². The van der Waals surface area contributed by atoms with Crippen LogP contribution in [0.5, 0.6) is 23.0 Å². The summed E-state index contributed by atoms with van der Waals surface area (Å²) in [5.41, 5.74) is 6.76. The van der Waals surface area contributed by atoms with E-state index >= 15 is 0 Å². The maximum Gasteiger partial charge on any atom is 0.161 e. The minimum atomic E-state index is -0.179. The van der Waals surface area contributed by atoms with Crippen molar-refractivity contribution in [3.05, 3.63) is 58.2 Å². The Morgan fingerprint density at radius 3 is 1.87 bits per heavy atom. The molecule has 2 aromatic rings. The molecule has 1 N–H and O–H groups in total. The van der Waals surface area contributed by atoms with Crippen LogP contribution in [0.2, 0.25) is 0 Å². The Kier molecular flexibility index (Phi) is 8.43. The van der Waals surface area contributed by atoms with E-state index < -0.39 is 0 Å². The van der Waals surface area contributed by atoms with Gasteiger partial charge < -0.3 is 24.3 Å².